The summed E-state index contributed by atoms with van der Waals surface area (Å²) in [6, 6.07) is -0.589. The summed E-state index contributed by atoms with van der Waals surface area (Å²) in [7, 11) is 0. The predicted molar refractivity (Wildman–Crippen MR) is 73.9 cm³/mol. The molecule has 8 heteroatoms. The average molecular weight is 309 g/mol. The molecular formula is C14H19N3O5. The highest BCUT2D eigenvalue weighted by Crippen LogP contribution is 2.28. The molecule has 8 nitrogen and oxygen atoms in total. The molecular weight excluding hydrogens is 290 g/mol. The number of urea groups is 2. The van der Waals surface area contributed by atoms with Gasteiger partial charge in [0.05, 0.1) is 57.8 Å². The maximum Gasteiger partial charge on any atom is 0.333 e. The largest absolute Gasteiger partial charge is 0.371 e. The highest BCUT2D eigenvalue weighted by Gasteiger charge is 2.46. The molecule has 4 saturated heterocycles. The van der Waals surface area contributed by atoms with Gasteiger partial charge in [0, 0.05) is 0 Å². The monoisotopic (exact) mass is 309 g/mol. The number of imide groups is 1. The van der Waals surface area contributed by atoms with Crippen LogP contribution in [0.4, 0.5) is 9.59 Å². The predicted octanol–water partition coefficient (Wildman–Crippen LogP) is 0.204. The van der Waals surface area contributed by atoms with E-state index in [1.165, 1.54) is 4.90 Å². The van der Waals surface area contributed by atoms with E-state index >= 15 is 0 Å². The van der Waals surface area contributed by atoms with E-state index in [1.807, 2.05) is 6.92 Å². The van der Waals surface area contributed by atoms with E-state index < -0.39 is 0 Å². The van der Waals surface area contributed by atoms with Crippen molar-refractivity contribution in [1.82, 2.24) is 14.7 Å². The molecule has 4 amide bonds. The standard InChI is InChI=1S/C14H19N3O5/c1-2-12-15(3-9-6-20-9)13(18)17(5-11-8-22-11)14(19)16(12)4-10-7-21-10/h2,9-11H,3-8H2,1H3. The maximum atomic E-state index is 12.7. The van der Waals surface area contributed by atoms with E-state index in [4.69, 9.17) is 14.2 Å². The van der Waals surface area contributed by atoms with Crippen LogP contribution in [-0.2, 0) is 14.2 Å². The van der Waals surface area contributed by atoms with Gasteiger partial charge in [-0.3, -0.25) is 9.80 Å². The fraction of sp³-hybridized carbons (Fsp3) is 0.714. The highest BCUT2D eigenvalue weighted by molar-refractivity contribution is 5.98. The second-order valence-corrected chi connectivity index (χ2v) is 5.91. The molecule has 4 aliphatic rings. The summed E-state index contributed by atoms with van der Waals surface area (Å²) in [4.78, 5) is 29.9. The number of carbonyl (C=O) groups excluding carboxylic acids is 2. The summed E-state index contributed by atoms with van der Waals surface area (Å²) in [5.74, 6) is 0.619. The van der Waals surface area contributed by atoms with Crippen molar-refractivity contribution in [3.63, 3.8) is 0 Å². The second-order valence-electron chi connectivity index (χ2n) is 5.91. The molecule has 22 heavy (non-hydrogen) atoms. The molecule has 4 rings (SSSR count). The van der Waals surface area contributed by atoms with E-state index in [0.29, 0.717) is 45.3 Å². The van der Waals surface area contributed by atoms with Crippen molar-refractivity contribution in [2.24, 2.45) is 0 Å². The number of ether oxygens (including phenoxy) is 3. The molecule has 0 aromatic rings. The Kier molecular flexibility index (Phi) is 3.32. The molecule has 4 aliphatic heterocycles. The zero-order chi connectivity index (χ0) is 15.3. The topological polar surface area (TPSA) is 81.5 Å². The number of rotatable bonds is 6. The van der Waals surface area contributed by atoms with Crippen LogP contribution in [0.25, 0.3) is 0 Å². The Morgan fingerprint density at radius 1 is 0.864 bits per heavy atom. The summed E-state index contributed by atoms with van der Waals surface area (Å²) in [5.41, 5.74) is 0. The van der Waals surface area contributed by atoms with Crippen LogP contribution in [0.5, 0.6) is 0 Å². The van der Waals surface area contributed by atoms with Gasteiger partial charge in [-0.05, 0) is 13.0 Å². The fourth-order valence-corrected chi connectivity index (χ4v) is 2.66. The van der Waals surface area contributed by atoms with E-state index in [2.05, 4.69) is 0 Å². The third-order valence-electron chi connectivity index (χ3n) is 4.10. The van der Waals surface area contributed by atoms with Gasteiger partial charge in [-0.25, -0.2) is 14.5 Å². The van der Waals surface area contributed by atoms with Crippen molar-refractivity contribution in [1.29, 1.82) is 0 Å². The van der Waals surface area contributed by atoms with Gasteiger partial charge in [-0.15, -0.1) is 0 Å². The lowest BCUT2D eigenvalue weighted by Gasteiger charge is -2.42. The second kappa shape index (κ2) is 5.22. The Balaban J connectivity index is 1.59. The smallest absolute Gasteiger partial charge is 0.333 e. The van der Waals surface area contributed by atoms with Crippen LogP contribution in [-0.4, -0.2) is 84.5 Å². The molecule has 3 unspecified atom stereocenters. The SMILES string of the molecule is CC=C1N(CC2CO2)C(=O)N(CC2CO2)C(=O)N1CC1CO1. The molecule has 4 fully saturated rings. The summed E-state index contributed by atoms with van der Waals surface area (Å²) >= 11 is 0. The average Bonchev–Trinajstić information content (AvgIpc) is 3.36. The van der Waals surface area contributed by atoms with Gasteiger partial charge in [0.1, 0.15) is 5.82 Å². The van der Waals surface area contributed by atoms with Crippen molar-refractivity contribution >= 4 is 12.1 Å². The molecule has 0 aromatic heterocycles. The highest BCUT2D eigenvalue weighted by atomic mass is 16.6. The first kappa shape index (κ1) is 14.0. The third kappa shape index (κ3) is 2.69. The zero-order valence-electron chi connectivity index (χ0n) is 12.4. The van der Waals surface area contributed by atoms with Crippen LogP contribution in [0.1, 0.15) is 6.92 Å². The minimum absolute atomic E-state index is 0.0295. The first-order valence-electron chi connectivity index (χ1n) is 7.59. The Morgan fingerprint density at radius 3 is 1.55 bits per heavy atom. The van der Waals surface area contributed by atoms with Gasteiger partial charge in [0.25, 0.3) is 0 Å². The molecule has 3 atom stereocenters. The van der Waals surface area contributed by atoms with Gasteiger partial charge >= 0.3 is 12.1 Å². The molecule has 0 N–H and O–H groups in total. The first-order valence-corrected chi connectivity index (χ1v) is 7.59. The number of epoxide rings is 3. The van der Waals surface area contributed by atoms with Crippen molar-refractivity contribution < 1.29 is 23.8 Å². The molecule has 0 bridgehead atoms. The molecule has 0 saturated carbocycles. The Morgan fingerprint density at radius 2 is 1.23 bits per heavy atom. The van der Waals surface area contributed by atoms with Crippen molar-refractivity contribution in [3.05, 3.63) is 11.9 Å². The molecule has 0 aromatic carbocycles. The summed E-state index contributed by atoms with van der Waals surface area (Å²) in [5, 5.41) is 0. The van der Waals surface area contributed by atoms with Crippen LogP contribution < -0.4 is 0 Å². The van der Waals surface area contributed by atoms with E-state index in [0.717, 1.165) is 0 Å². The quantitative estimate of drug-likeness (QED) is 0.655. The molecule has 120 valence electrons. The van der Waals surface area contributed by atoms with E-state index in [-0.39, 0.29) is 30.4 Å². The number of hydrogen-bond donors (Lipinski definition) is 0. The van der Waals surface area contributed by atoms with Gasteiger partial charge < -0.3 is 14.2 Å². The number of amides is 4. The summed E-state index contributed by atoms with van der Waals surface area (Å²) < 4.78 is 15.7. The van der Waals surface area contributed by atoms with Crippen LogP contribution in [0.15, 0.2) is 11.9 Å². The number of hydrogen-bond acceptors (Lipinski definition) is 5. The lowest BCUT2D eigenvalue weighted by atomic mass is 10.3. The van der Waals surface area contributed by atoms with Gasteiger partial charge in [0.2, 0.25) is 0 Å². The van der Waals surface area contributed by atoms with Crippen LogP contribution in [0.3, 0.4) is 0 Å². The van der Waals surface area contributed by atoms with E-state index in [1.54, 1.807) is 15.9 Å². The van der Waals surface area contributed by atoms with Crippen LogP contribution >= 0.6 is 0 Å². The molecule has 0 spiro atoms. The lowest BCUT2D eigenvalue weighted by molar-refractivity contribution is 0.101. The number of carbonyl (C=O) groups is 2. The summed E-state index contributed by atoms with van der Waals surface area (Å²) in [6.07, 6.45) is 1.89. The Labute approximate surface area is 128 Å². The van der Waals surface area contributed by atoms with Crippen molar-refractivity contribution in [2.75, 3.05) is 39.5 Å². The number of allylic oxidation sites excluding steroid dienone is 1. The zero-order valence-corrected chi connectivity index (χ0v) is 12.4. The first-order chi connectivity index (χ1) is 10.7. The fourth-order valence-electron chi connectivity index (χ4n) is 2.66. The van der Waals surface area contributed by atoms with Crippen molar-refractivity contribution in [2.45, 2.75) is 25.2 Å². The minimum Gasteiger partial charge on any atom is -0.371 e. The van der Waals surface area contributed by atoms with Crippen LogP contribution in [0, 0.1) is 0 Å². The van der Waals surface area contributed by atoms with Gasteiger partial charge in [0.15, 0.2) is 0 Å². The van der Waals surface area contributed by atoms with Gasteiger partial charge in [-0.2, -0.15) is 0 Å². The Bertz CT molecular complexity index is 489. The molecule has 0 radical (unpaired) electrons. The summed E-state index contributed by atoms with van der Waals surface area (Å²) in [6.45, 7) is 4.99. The third-order valence-corrected chi connectivity index (χ3v) is 4.10. The lowest BCUT2D eigenvalue weighted by Crippen LogP contribution is -2.61. The van der Waals surface area contributed by atoms with E-state index in [9.17, 15) is 9.59 Å². The molecule has 4 heterocycles. The van der Waals surface area contributed by atoms with Crippen LogP contribution in [0.2, 0.25) is 0 Å². The maximum absolute atomic E-state index is 12.7. The normalized spacial score (nSPS) is 33.4. The molecule has 0 aliphatic carbocycles. The number of nitrogens with zero attached hydrogens (tertiary/aromatic N) is 3. The van der Waals surface area contributed by atoms with Crippen molar-refractivity contribution in [3.8, 4) is 0 Å². The minimum atomic E-state index is -0.294. The Hall–Kier alpha value is -1.64. The van der Waals surface area contributed by atoms with Gasteiger partial charge in [-0.1, -0.05) is 0 Å².